The molecule has 1 unspecified atom stereocenters. The Morgan fingerprint density at radius 3 is 2.43 bits per heavy atom. The van der Waals surface area contributed by atoms with Gasteiger partial charge in [-0.3, -0.25) is 4.98 Å². The molecule has 0 aliphatic heterocycles. The first-order chi connectivity index (χ1) is 10.3. The smallest absolute Gasteiger partial charge is 0.0329 e. The SMILES string of the molecule is CNC(CCN(C)CCc1ccncc1)c1ccccc1. The number of hydrogen-bond donors (Lipinski definition) is 1. The van der Waals surface area contributed by atoms with Gasteiger partial charge in [-0.05, 0) is 56.7 Å². The molecule has 2 rings (SSSR count). The van der Waals surface area contributed by atoms with Crippen molar-refractivity contribution in [1.82, 2.24) is 15.2 Å². The van der Waals surface area contributed by atoms with E-state index < -0.39 is 0 Å². The Balaban J connectivity index is 1.76. The summed E-state index contributed by atoms with van der Waals surface area (Å²) in [5.41, 5.74) is 2.72. The Bertz CT molecular complexity index is 498. The van der Waals surface area contributed by atoms with Crippen molar-refractivity contribution < 1.29 is 0 Å². The van der Waals surface area contributed by atoms with Crippen LogP contribution in [0.4, 0.5) is 0 Å². The van der Waals surface area contributed by atoms with Gasteiger partial charge in [0.05, 0.1) is 0 Å². The van der Waals surface area contributed by atoms with Crippen LogP contribution in [0.25, 0.3) is 0 Å². The molecule has 0 saturated heterocycles. The largest absolute Gasteiger partial charge is 0.313 e. The van der Waals surface area contributed by atoms with Gasteiger partial charge in [-0.25, -0.2) is 0 Å². The second-order valence-electron chi connectivity index (χ2n) is 5.45. The van der Waals surface area contributed by atoms with E-state index in [-0.39, 0.29) is 0 Å². The van der Waals surface area contributed by atoms with Crippen LogP contribution in [0.3, 0.4) is 0 Å². The third-order valence-corrected chi connectivity index (χ3v) is 3.88. The van der Waals surface area contributed by atoms with Gasteiger partial charge in [0.25, 0.3) is 0 Å². The van der Waals surface area contributed by atoms with Crippen molar-refractivity contribution in [1.29, 1.82) is 0 Å². The third-order valence-electron chi connectivity index (χ3n) is 3.88. The highest BCUT2D eigenvalue weighted by molar-refractivity contribution is 5.18. The predicted octanol–water partition coefficient (Wildman–Crippen LogP) is 2.91. The normalized spacial score (nSPS) is 12.5. The summed E-state index contributed by atoms with van der Waals surface area (Å²) in [5, 5.41) is 3.41. The number of hydrogen-bond acceptors (Lipinski definition) is 3. The summed E-state index contributed by atoms with van der Waals surface area (Å²) in [6.45, 7) is 2.17. The fourth-order valence-electron chi connectivity index (χ4n) is 2.49. The maximum Gasteiger partial charge on any atom is 0.0329 e. The van der Waals surface area contributed by atoms with Crippen LogP contribution in [0.15, 0.2) is 54.9 Å². The third kappa shape index (κ3) is 5.29. The van der Waals surface area contributed by atoms with Crippen molar-refractivity contribution >= 4 is 0 Å². The molecule has 0 spiro atoms. The van der Waals surface area contributed by atoms with Gasteiger partial charge < -0.3 is 10.2 Å². The first-order valence-electron chi connectivity index (χ1n) is 7.59. The van der Waals surface area contributed by atoms with Gasteiger partial charge in [-0.2, -0.15) is 0 Å². The molecule has 2 aromatic rings. The van der Waals surface area contributed by atoms with E-state index in [1.807, 2.05) is 19.4 Å². The van der Waals surface area contributed by atoms with Crippen LogP contribution in [-0.4, -0.2) is 37.1 Å². The lowest BCUT2D eigenvalue weighted by molar-refractivity contribution is 0.314. The molecule has 1 atom stereocenters. The standard InChI is InChI=1S/C18H25N3/c1-19-18(17-6-4-3-5-7-17)11-15-21(2)14-10-16-8-12-20-13-9-16/h3-9,12-13,18-19H,10-11,14-15H2,1-2H3. The first-order valence-corrected chi connectivity index (χ1v) is 7.59. The van der Waals surface area contributed by atoms with Crippen molar-refractivity contribution in [2.45, 2.75) is 18.9 Å². The fraction of sp³-hybridized carbons (Fsp3) is 0.389. The molecule has 1 aromatic carbocycles. The van der Waals surface area contributed by atoms with Gasteiger partial charge in [-0.15, -0.1) is 0 Å². The van der Waals surface area contributed by atoms with Gasteiger partial charge in [0.15, 0.2) is 0 Å². The highest BCUT2D eigenvalue weighted by Crippen LogP contribution is 2.16. The lowest BCUT2D eigenvalue weighted by Crippen LogP contribution is -2.27. The zero-order valence-electron chi connectivity index (χ0n) is 13.0. The zero-order chi connectivity index (χ0) is 14.9. The Labute approximate surface area is 128 Å². The molecule has 1 aromatic heterocycles. The Morgan fingerprint density at radius 1 is 1.05 bits per heavy atom. The van der Waals surface area contributed by atoms with Crippen LogP contribution < -0.4 is 5.32 Å². The van der Waals surface area contributed by atoms with E-state index >= 15 is 0 Å². The number of nitrogens with zero attached hydrogens (tertiary/aromatic N) is 2. The van der Waals surface area contributed by atoms with Crippen LogP contribution in [0.1, 0.15) is 23.6 Å². The van der Waals surface area contributed by atoms with E-state index in [9.17, 15) is 0 Å². The summed E-state index contributed by atoms with van der Waals surface area (Å²) < 4.78 is 0. The Morgan fingerprint density at radius 2 is 1.76 bits per heavy atom. The minimum absolute atomic E-state index is 0.426. The molecule has 21 heavy (non-hydrogen) atoms. The van der Waals surface area contributed by atoms with E-state index in [2.05, 4.69) is 64.7 Å². The van der Waals surface area contributed by atoms with E-state index in [4.69, 9.17) is 0 Å². The van der Waals surface area contributed by atoms with Gasteiger partial charge >= 0.3 is 0 Å². The van der Waals surface area contributed by atoms with E-state index in [0.717, 1.165) is 25.9 Å². The highest BCUT2D eigenvalue weighted by atomic mass is 15.1. The Kier molecular flexibility index (Phi) is 6.38. The first kappa shape index (κ1) is 15.7. The maximum absolute atomic E-state index is 4.05. The lowest BCUT2D eigenvalue weighted by Gasteiger charge is -2.21. The summed E-state index contributed by atoms with van der Waals surface area (Å²) in [5.74, 6) is 0. The van der Waals surface area contributed by atoms with Gasteiger partial charge in [0.1, 0.15) is 0 Å². The molecule has 3 heteroatoms. The highest BCUT2D eigenvalue weighted by Gasteiger charge is 2.09. The zero-order valence-corrected chi connectivity index (χ0v) is 13.0. The van der Waals surface area contributed by atoms with E-state index in [1.54, 1.807) is 0 Å². The summed E-state index contributed by atoms with van der Waals surface area (Å²) >= 11 is 0. The number of nitrogens with one attached hydrogen (secondary N) is 1. The molecule has 0 saturated carbocycles. The maximum atomic E-state index is 4.05. The molecule has 0 radical (unpaired) electrons. The predicted molar refractivity (Wildman–Crippen MR) is 88.3 cm³/mol. The van der Waals surface area contributed by atoms with Crippen molar-refractivity contribution in [3.63, 3.8) is 0 Å². The average molecular weight is 283 g/mol. The number of pyridine rings is 1. The van der Waals surface area contributed by atoms with E-state index in [1.165, 1.54) is 11.1 Å². The molecule has 0 aliphatic rings. The lowest BCUT2D eigenvalue weighted by atomic mass is 10.0. The molecular weight excluding hydrogens is 258 g/mol. The van der Waals surface area contributed by atoms with Gasteiger partial charge in [0, 0.05) is 25.0 Å². The molecule has 112 valence electrons. The summed E-state index contributed by atoms with van der Waals surface area (Å²) in [7, 11) is 4.23. The van der Waals surface area contributed by atoms with Crippen molar-refractivity contribution in [3.8, 4) is 0 Å². The molecule has 3 nitrogen and oxygen atoms in total. The van der Waals surface area contributed by atoms with E-state index in [0.29, 0.717) is 6.04 Å². The molecule has 0 amide bonds. The Hall–Kier alpha value is -1.71. The van der Waals surface area contributed by atoms with Crippen LogP contribution in [0.5, 0.6) is 0 Å². The summed E-state index contributed by atoms with van der Waals surface area (Å²) in [6.07, 6.45) is 5.92. The summed E-state index contributed by atoms with van der Waals surface area (Å²) in [6, 6.07) is 15.3. The molecule has 1 heterocycles. The van der Waals surface area contributed by atoms with Crippen LogP contribution in [-0.2, 0) is 6.42 Å². The molecule has 1 N–H and O–H groups in total. The molecule has 0 bridgehead atoms. The van der Waals surface area contributed by atoms with Crippen molar-refractivity contribution in [2.24, 2.45) is 0 Å². The quantitative estimate of drug-likeness (QED) is 0.807. The minimum Gasteiger partial charge on any atom is -0.313 e. The molecular formula is C18H25N3. The molecule has 0 fully saturated rings. The van der Waals surface area contributed by atoms with Gasteiger partial charge in [0.2, 0.25) is 0 Å². The topological polar surface area (TPSA) is 28.2 Å². The number of rotatable bonds is 8. The molecule has 0 aliphatic carbocycles. The number of likely N-dealkylation sites (N-methyl/N-ethyl adjacent to an activating group) is 1. The number of aromatic nitrogens is 1. The minimum atomic E-state index is 0.426. The number of benzene rings is 1. The average Bonchev–Trinajstić information content (AvgIpc) is 2.55. The van der Waals surface area contributed by atoms with Crippen molar-refractivity contribution in [3.05, 3.63) is 66.0 Å². The van der Waals surface area contributed by atoms with Crippen LogP contribution in [0.2, 0.25) is 0 Å². The van der Waals surface area contributed by atoms with Crippen LogP contribution in [0, 0.1) is 0 Å². The van der Waals surface area contributed by atoms with Crippen LogP contribution >= 0.6 is 0 Å². The second kappa shape index (κ2) is 8.55. The monoisotopic (exact) mass is 283 g/mol. The fourth-order valence-corrected chi connectivity index (χ4v) is 2.49. The second-order valence-corrected chi connectivity index (χ2v) is 5.45. The van der Waals surface area contributed by atoms with Gasteiger partial charge in [-0.1, -0.05) is 30.3 Å². The van der Waals surface area contributed by atoms with Crippen molar-refractivity contribution in [2.75, 3.05) is 27.2 Å². The summed E-state index contributed by atoms with van der Waals surface area (Å²) in [4.78, 5) is 6.45.